The van der Waals surface area contributed by atoms with Crippen molar-refractivity contribution in [1.82, 2.24) is 4.90 Å². The molecule has 1 aromatic rings. The zero-order valence-corrected chi connectivity index (χ0v) is 20.7. The van der Waals surface area contributed by atoms with Crippen molar-refractivity contribution in [2.24, 2.45) is 40.2 Å². The fourth-order valence-corrected chi connectivity index (χ4v) is 8.77. The number of primary amides is 1. The van der Waals surface area contributed by atoms with Gasteiger partial charge >= 0.3 is 0 Å². The molecule has 4 aliphatic rings. The number of nitrogens with two attached hydrogens (primary N) is 1. The lowest BCUT2D eigenvalue weighted by atomic mass is 9.47. The number of carbonyl (C=O) groups excluding carboxylic acids is 2. The lowest BCUT2D eigenvalue weighted by molar-refractivity contribution is -0.138. The Balaban J connectivity index is 1.33. The van der Waals surface area contributed by atoms with Crippen molar-refractivity contribution in [3.05, 3.63) is 47.5 Å². The number of likely N-dealkylation sites (N-methyl/N-ethyl adjacent to an activating group) is 1. The molecule has 0 radical (unpaired) electrons. The molecule has 3 saturated carbocycles. The average molecular weight is 449 g/mol. The van der Waals surface area contributed by atoms with Crippen molar-refractivity contribution in [3.63, 3.8) is 0 Å². The molecular formula is C29H40N2O2. The van der Waals surface area contributed by atoms with Crippen LogP contribution in [-0.2, 0) is 4.79 Å². The van der Waals surface area contributed by atoms with Crippen molar-refractivity contribution in [3.8, 4) is 0 Å². The third-order valence-electron chi connectivity index (χ3n) is 10.7. The third-order valence-corrected chi connectivity index (χ3v) is 10.7. The number of hydrogen-bond acceptors (Lipinski definition) is 2. The molecule has 3 aliphatic carbocycles. The van der Waals surface area contributed by atoms with E-state index in [2.05, 4.69) is 39.0 Å². The van der Waals surface area contributed by atoms with Gasteiger partial charge in [0.2, 0.25) is 11.8 Å². The SMILES string of the molecule is CC(C[C@H]1CC[C@H]2[C@@H]3CCC4N(C)C(=O)C=C[C@]4(C)[C@H]3CC[C@]12C)c1ccc(C(N)=O)cc1. The molecule has 2 N–H and O–H groups in total. The maximum atomic E-state index is 12.3. The first-order valence-corrected chi connectivity index (χ1v) is 13.0. The highest BCUT2D eigenvalue weighted by molar-refractivity contribution is 5.92. The summed E-state index contributed by atoms with van der Waals surface area (Å²) in [4.78, 5) is 25.8. The number of nitrogens with zero attached hydrogens (tertiary/aromatic N) is 1. The quantitative estimate of drug-likeness (QED) is 0.658. The van der Waals surface area contributed by atoms with E-state index in [1.54, 1.807) is 0 Å². The Labute approximate surface area is 199 Å². The van der Waals surface area contributed by atoms with Crippen LogP contribution in [0.1, 0.15) is 87.6 Å². The Morgan fingerprint density at radius 3 is 2.52 bits per heavy atom. The van der Waals surface area contributed by atoms with Gasteiger partial charge in [0.15, 0.2) is 0 Å². The molecule has 3 fully saturated rings. The molecule has 4 heteroatoms. The maximum absolute atomic E-state index is 12.3. The van der Waals surface area contributed by atoms with Gasteiger partial charge in [0.25, 0.3) is 0 Å². The highest BCUT2D eigenvalue weighted by Crippen LogP contribution is 2.66. The molecule has 0 saturated heterocycles. The van der Waals surface area contributed by atoms with Gasteiger partial charge in [-0.3, -0.25) is 9.59 Å². The second kappa shape index (κ2) is 7.99. The third kappa shape index (κ3) is 3.47. The molecule has 0 aromatic heterocycles. The zero-order valence-electron chi connectivity index (χ0n) is 20.7. The van der Waals surface area contributed by atoms with Gasteiger partial charge in [-0.1, -0.05) is 39.0 Å². The van der Waals surface area contributed by atoms with Crippen LogP contribution in [0.3, 0.4) is 0 Å². The first kappa shape index (κ1) is 22.7. The predicted molar refractivity (Wildman–Crippen MR) is 132 cm³/mol. The van der Waals surface area contributed by atoms with E-state index in [4.69, 9.17) is 5.73 Å². The summed E-state index contributed by atoms with van der Waals surface area (Å²) in [5, 5.41) is 0. The molecule has 2 amide bonds. The standard InChI is InChI=1S/C29H40N2O2/c1-18(19-5-7-20(8-6-19)27(30)33)17-21-9-11-23-22-10-12-25-29(3,16-14-26(32)31(25)4)24(22)13-15-28(21,23)2/h5-8,14,16,18,21-25H,9-13,15,17H2,1-4H3,(H2,30,33)/t18?,21-,22+,23+,24+,25?,28-,29-/m1/s1. The summed E-state index contributed by atoms with van der Waals surface area (Å²) in [5.74, 6) is 3.34. The minimum absolute atomic E-state index is 0.125. The fraction of sp³-hybridized carbons (Fsp3) is 0.655. The smallest absolute Gasteiger partial charge is 0.248 e. The molecule has 178 valence electrons. The van der Waals surface area contributed by atoms with Gasteiger partial charge in [-0.2, -0.15) is 0 Å². The highest BCUT2D eigenvalue weighted by atomic mass is 16.2. The van der Waals surface area contributed by atoms with Crippen LogP contribution < -0.4 is 5.73 Å². The number of amides is 2. The first-order valence-electron chi connectivity index (χ1n) is 13.0. The summed E-state index contributed by atoms with van der Waals surface area (Å²) < 4.78 is 0. The van der Waals surface area contributed by atoms with Gasteiger partial charge in [0.1, 0.15) is 0 Å². The predicted octanol–water partition coefficient (Wildman–Crippen LogP) is 5.53. The van der Waals surface area contributed by atoms with Crippen LogP contribution in [0.25, 0.3) is 0 Å². The average Bonchev–Trinajstić information content (AvgIpc) is 3.13. The number of hydrogen-bond donors (Lipinski definition) is 1. The van der Waals surface area contributed by atoms with E-state index in [9.17, 15) is 9.59 Å². The number of carbonyl (C=O) groups is 2. The molecule has 0 spiro atoms. The summed E-state index contributed by atoms with van der Waals surface area (Å²) >= 11 is 0. The van der Waals surface area contributed by atoms with Crippen molar-refractivity contribution >= 4 is 11.8 Å². The Morgan fingerprint density at radius 1 is 1.09 bits per heavy atom. The minimum Gasteiger partial charge on any atom is -0.366 e. The normalized spacial score (nSPS) is 40.7. The van der Waals surface area contributed by atoms with Crippen LogP contribution in [0.5, 0.6) is 0 Å². The van der Waals surface area contributed by atoms with E-state index in [1.807, 2.05) is 30.2 Å². The lowest BCUT2D eigenvalue weighted by Gasteiger charge is -2.60. The van der Waals surface area contributed by atoms with Crippen LogP contribution in [0.15, 0.2) is 36.4 Å². The second-order valence-corrected chi connectivity index (χ2v) is 12.1. The summed E-state index contributed by atoms with van der Waals surface area (Å²) in [5.41, 5.74) is 7.87. The van der Waals surface area contributed by atoms with E-state index in [0.29, 0.717) is 28.9 Å². The number of rotatable bonds is 4. The van der Waals surface area contributed by atoms with Crippen LogP contribution in [0, 0.1) is 34.5 Å². The highest BCUT2D eigenvalue weighted by Gasteiger charge is 2.60. The molecule has 1 aliphatic heterocycles. The van der Waals surface area contributed by atoms with Gasteiger partial charge in [-0.05, 0) is 104 Å². The number of fused-ring (bicyclic) bond motifs is 5. The second-order valence-electron chi connectivity index (χ2n) is 12.1. The number of benzene rings is 1. The molecule has 1 heterocycles. The summed E-state index contributed by atoms with van der Waals surface area (Å²) in [6, 6.07) is 8.28. The minimum atomic E-state index is -0.358. The van der Waals surface area contributed by atoms with E-state index in [-0.39, 0.29) is 17.2 Å². The van der Waals surface area contributed by atoms with Crippen LogP contribution >= 0.6 is 0 Å². The molecule has 2 unspecified atom stereocenters. The van der Waals surface area contributed by atoms with Crippen LogP contribution in [-0.4, -0.2) is 29.8 Å². The van der Waals surface area contributed by atoms with E-state index in [1.165, 1.54) is 44.1 Å². The Bertz CT molecular complexity index is 968. The molecule has 0 bridgehead atoms. The molecule has 4 nitrogen and oxygen atoms in total. The van der Waals surface area contributed by atoms with Crippen molar-refractivity contribution in [2.45, 2.75) is 77.7 Å². The molecule has 8 atom stereocenters. The molecule has 5 rings (SSSR count). The van der Waals surface area contributed by atoms with Gasteiger partial charge < -0.3 is 10.6 Å². The Kier molecular flexibility index (Phi) is 5.49. The molecule has 33 heavy (non-hydrogen) atoms. The topological polar surface area (TPSA) is 63.4 Å². The summed E-state index contributed by atoms with van der Waals surface area (Å²) in [6.07, 6.45) is 13.0. The lowest BCUT2D eigenvalue weighted by Crippen LogP contribution is -2.59. The fourth-order valence-electron chi connectivity index (χ4n) is 8.77. The van der Waals surface area contributed by atoms with Crippen LogP contribution in [0.4, 0.5) is 0 Å². The Hall–Kier alpha value is -2.10. The summed E-state index contributed by atoms with van der Waals surface area (Å²) in [6.45, 7) is 7.36. The van der Waals surface area contributed by atoms with E-state index < -0.39 is 0 Å². The maximum Gasteiger partial charge on any atom is 0.248 e. The zero-order chi connectivity index (χ0) is 23.5. The van der Waals surface area contributed by atoms with Crippen molar-refractivity contribution in [1.29, 1.82) is 0 Å². The summed E-state index contributed by atoms with van der Waals surface area (Å²) in [7, 11) is 2.00. The monoisotopic (exact) mass is 448 g/mol. The van der Waals surface area contributed by atoms with E-state index >= 15 is 0 Å². The largest absolute Gasteiger partial charge is 0.366 e. The molecular weight excluding hydrogens is 408 g/mol. The van der Waals surface area contributed by atoms with Gasteiger partial charge in [-0.15, -0.1) is 0 Å². The van der Waals surface area contributed by atoms with Crippen molar-refractivity contribution < 1.29 is 9.59 Å². The van der Waals surface area contributed by atoms with Crippen molar-refractivity contribution in [2.75, 3.05) is 7.05 Å². The first-order chi connectivity index (χ1) is 15.6. The van der Waals surface area contributed by atoms with Gasteiger partial charge in [-0.25, -0.2) is 0 Å². The molecule has 1 aromatic carbocycles. The van der Waals surface area contributed by atoms with Crippen LogP contribution in [0.2, 0.25) is 0 Å². The van der Waals surface area contributed by atoms with E-state index in [0.717, 1.165) is 24.2 Å². The van der Waals surface area contributed by atoms with Gasteiger partial charge in [0.05, 0.1) is 0 Å². The van der Waals surface area contributed by atoms with Gasteiger partial charge in [0, 0.05) is 24.1 Å². The Morgan fingerprint density at radius 2 is 1.82 bits per heavy atom.